The van der Waals surface area contributed by atoms with E-state index in [4.69, 9.17) is 21.1 Å². The van der Waals surface area contributed by atoms with Crippen molar-refractivity contribution in [3.63, 3.8) is 0 Å². The molecule has 1 heterocycles. The third kappa shape index (κ3) is 2.65. The van der Waals surface area contributed by atoms with Gasteiger partial charge in [0.05, 0.1) is 18.2 Å². The van der Waals surface area contributed by atoms with Crippen molar-refractivity contribution < 1.29 is 9.47 Å². The summed E-state index contributed by atoms with van der Waals surface area (Å²) >= 11 is 9.58. The number of ether oxygens (including phenoxy) is 2. The minimum Gasteiger partial charge on any atom is -0.486 e. The van der Waals surface area contributed by atoms with E-state index in [1.54, 1.807) is 0 Å². The Hall–Kier alpha value is -0.250. The monoisotopic (exact) mass is 290 g/mol. The predicted molar refractivity (Wildman–Crippen MR) is 63.9 cm³/mol. The van der Waals surface area contributed by atoms with Crippen molar-refractivity contribution in [2.45, 2.75) is 17.9 Å². The molecule has 0 aromatic heterocycles. The molecule has 82 valence electrons. The zero-order valence-corrected chi connectivity index (χ0v) is 10.6. The van der Waals surface area contributed by atoms with Crippen LogP contribution in [0.2, 0.25) is 5.02 Å². The highest BCUT2D eigenvalue weighted by atomic mass is 79.9. The molecule has 1 aromatic carbocycles. The van der Waals surface area contributed by atoms with Gasteiger partial charge in [-0.25, -0.2) is 0 Å². The highest BCUT2D eigenvalue weighted by Gasteiger charge is 2.18. The lowest BCUT2D eigenvalue weighted by atomic mass is 10.2. The molecule has 2 nitrogen and oxygen atoms in total. The molecular weight excluding hydrogens is 279 g/mol. The first-order valence-electron chi connectivity index (χ1n) is 4.89. The molecule has 0 bridgehead atoms. The zero-order chi connectivity index (χ0) is 10.7. The topological polar surface area (TPSA) is 18.5 Å². The van der Waals surface area contributed by atoms with Crippen LogP contribution in [0.15, 0.2) is 18.2 Å². The van der Waals surface area contributed by atoms with Crippen molar-refractivity contribution in [2.24, 2.45) is 0 Å². The van der Waals surface area contributed by atoms with E-state index < -0.39 is 0 Å². The summed E-state index contributed by atoms with van der Waals surface area (Å²) < 4.78 is 11.0. The number of hydrogen-bond acceptors (Lipinski definition) is 2. The van der Waals surface area contributed by atoms with Gasteiger partial charge in [0, 0.05) is 11.8 Å². The van der Waals surface area contributed by atoms with Crippen molar-refractivity contribution >= 4 is 27.5 Å². The third-order valence-electron chi connectivity index (χ3n) is 2.37. The lowest BCUT2D eigenvalue weighted by molar-refractivity contribution is 0.141. The average molecular weight is 292 g/mol. The van der Waals surface area contributed by atoms with Gasteiger partial charge in [-0.1, -0.05) is 39.7 Å². The van der Waals surface area contributed by atoms with Gasteiger partial charge in [0.2, 0.25) is 0 Å². The van der Waals surface area contributed by atoms with E-state index in [1.807, 2.05) is 18.2 Å². The molecule has 0 aliphatic carbocycles. The van der Waals surface area contributed by atoms with Crippen molar-refractivity contribution in [1.29, 1.82) is 0 Å². The quantitative estimate of drug-likeness (QED) is 0.795. The van der Waals surface area contributed by atoms with Crippen molar-refractivity contribution in [2.75, 3.05) is 13.2 Å². The lowest BCUT2D eigenvalue weighted by Gasteiger charge is -2.14. The molecule has 1 aromatic rings. The minimum absolute atomic E-state index is 0.146. The molecule has 1 atom stereocenters. The van der Waals surface area contributed by atoms with Crippen LogP contribution in [0.1, 0.15) is 12.0 Å². The van der Waals surface area contributed by atoms with Crippen LogP contribution in [0.5, 0.6) is 5.75 Å². The maximum absolute atomic E-state index is 6.19. The summed E-state index contributed by atoms with van der Waals surface area (Å²) in [4.78, 5) is 0. The number of alkyl halides is 1. The van der Waals surface area contributed by atoms with Crippen LogP contribution in [0, 0.1) is 0 Å². The Morgan fingerprint density at radius 2 is 2.40 bits per heavy atom. The number of halogens is 2. The highest BCUT2D eigenvalue weighted by Crippen LogP contribution is 2.31. The molecule has 0 N–H and O–H groups in total. The van der Waals surface area contributed by atoms with E-state index >= 15 is 0 Å². The Morgan fingerprint density at radius 1 is 1.53 bits per heavy atom. The highest BCUT2D eigenvalue weighted by molar-refractivity contribution is 9.08. The smallest absolute Gasteiger partial charge is 0.138 e. The lowest BCUT2D eigenvalue weighted by Crippen LogP contribution is -2.16. The summed E-state index contributed by atoms with van der Waals surface area (Å²) in [5.74, 6) is 0.754. The second-order valence-electron chi connectivity index (χ2n) is 3.47. The average Bonchev–Trinajstić information content (AvgIpc) is 2.74. The van der Waals surface area contributed by atoms with Crippen LogP contribution in [0.3, 0.4) is 0 Å². The van der Waals surface area contributed by atoms with Crippen LogP contribution in [-0.4, -0.2) is 19.3 Å². The minimum atomic E-state index is 0.146. The second kappa shape index (κ2) is 5.19. The normalized spacial score (nSPS) is 20.5. The van der Waals surface area contributed by atoms with Crippen molar-refractivity contribution in [3.8, 4) is 5.75 Å². The fourth-order valence-electron chi connectivity index (χ4n) is 1.54. The molecule has 2 rings (SSSR count). The second-order valence-corrected chi connectivity index (χ2v) is 4.41. The zero-order valence-electron chi connectivity index (χ0n) is 8.21. The van der Waals surface area contributed by atoms with Gasteiger partial charge in [-0.2, -0.15) is 0 Å². The fourth-order valence-corrected chi connectivity index (χ4v) is 2.40. The first-order chi connectivity index (χ1) is 7.31. The van der Waals surface area contributed by atoms with E-state index in [0.717, 1.165) is 29.7 Å². The predicted octanol–water partition coefficient (Wildman–Crippen LogP) is 3.40. The summed E-state index contributed by atoms with van der Waals surface area (Å²) in [5.41, 5.74) is 1.05. The SMILES string of the molecule is Clc1c(CBr)cccc1OC1CCOC1. The van der Waals surface area contributed by atoms with Gasteiger partial charge < -0.3 is 9.47 Å². The van der Waals surface area contributed by atoms with E-state index in [2.05, 4.69) is 15.9 Å². The van der Waals surface area contributed by atoms with Crippen molar-refractivity contribution in [1.82, 2.24) is 0 Å². The number of benzene rings is 1. The summed E-state index contributed by atoms with van der Waals surface area (Å²) in [6, 6.07) is 5.83. The van der Waals surface area contributed by atoms with Gasteiger partial charge in [-0.15, -0.1) is 0 Å². The first-order valence-corrected chi connectivity index (χ1v) is 6.39. The summed E-state index contributed by atoms with van der Waals surface area (Å²) in [6.45, 7) is 1.44. The third-order valence-corrected chi connectivity index (χ3v) is 3.40. The van der Waals surface area contributed by atoms with Crippen LogP contribution in [0.25, 0.3) is 0 Å². The first kappa shape index (κ1) is 11.2. The van der Waals surface area contributed by atoms with E-state index in [0.29, 0.717) is 11.6 Å². The summed E-state index contributed by atoms with van der Waals surface area (Å²) in [5, 5.41) is 1.44. The Morgan fingerprint density at radius 3 is 3.07 bits per heavy atom. The van der Waals surface area contributed by atoms with Gasteiger partial charge in [0.1, 0.15) is 11.9 Å². The Bertz CT molecular complexity index is 337. The molecule has 0 radical (unpaired) electrons. The Labute approximate surface area is 103 Å². The molecular formula is C11H12BrClO2. The largest absolute Gasteiger partial charge is 0.486 e. The van der Waals surface area contributed by atoms with Crippen molar-refractivity contribution in [3.05, 3.63) is 28.8 Å². The molecule has 4 heteroatoms. The van der Waals surface area contributed by atoms with Crippen LogP contribution >= 0.6 is 27.5 Å². The summed E-state index contributed by atoms with van der Waals surface area (Å²) in [6.07, 6.45) is 1.09. The van der Waals surface area contributed by atoms with Gasteiger partial charge in [0.25, 0.3) is 0 Å². The van der Waals surface area contributed by atoms with E-state index in [9.17, 15) is 0 Å². The molecule has 15 heavy (non-hydrogen) atoms. The molecule has 0 saturated carbocycles. The van der Waals surface area contributed by atoms with Gasteiger partial charge in [-0.3, -0.25) is 0 Å². The molecule has 1 aliphatic heterocycles. The number of rotatable bonds is 3. The molecule has 0 amide bonds. The molecule has 1 fully saturated rings. The van der Waals surface area contributed by atoms with Crippen LogP contribution in [0.4, 0.5) is 0 Å². The standard InChI is InChI=1S/C11H12BrClO2/c12-6-8-2-1-3-10(11(8)13)15-9-4-5-14-7-9/h1-3,9H,4-7H2. The van der Waals surface area contributed by atoms with Crippen LogP contribution in [-0.2, 0) is 10.1 Å². The number of hydrogen-bond donors (Lipinski definition) is 0. The molecule has 1 aliphatic rings. The van der Waals surface area contributed by atoms with Gasteiger partial charge in [0.15, 0.2) is 0 Å². The maximum atomic E-state index is 6.19. The maximum Gasteiger partial charge on any atom is 0.138 e. The molecule has 0 spiro atoms. The molecule has 1 unspecified atom stereocenters. The van der Waals surface area contributed by atoms with Gasteiger partial charge in [-0.05, 0) is 11.6 Å². The molecule has 1 saturated heterocycles. The Balaban J connectivity index is 2.13. The van der Waals surface area contributed by atoms with E-state index in [-0.39, 0.29) is 6.10 Å². The fraction of sp³-hybridized carbons (Fsp3) is 0.455. The Kier molecular flexibility index (Phi) is 3.89. The summed E-state index contributed by atoms with van der Waals surface area (Å²) in [7, 11) is 0. The van der Waals surface area contributed by atoms with E-state index in [1.165, 1.54) is 0 Å². The van der Waals surface area contributed by atoms with Crippen LogP contribution < -0.4 is 4.74 Å². The van der Waals surface area contributed by atoms with Gasteiger partial charge >= 0.3 is 0 Å².